The van der Waals surface area contributed by atoms with Gasteiger partial charge in [0.25, 0.3) is 0 Å². The zero-order chi connectivity index (χ0) is 11.5. The maximum atomic E-state index is 5.88. The van der Waals surface area contributed by atoms with Crippen LogP contribution in [0, 0.1) is 0 Å². The van der Waals surface area contributed by atoms with Crippen LogP contribution in [0.2, 0.25) is 0 Å². The number of nitrogens with two attached hydrogens (primary N) is 1. The molecule has 2 N–H and O–H groups in total. The maximum absolute atomic E-state index is 5.88. The molecule has 0 amide bonds. The maximum Gasteiger partial charge on any atom is 0.242 e. The topological polar surface area (TPSA) is 91.7 Å². The van der Waals surface area contributed by atoms with E-state index in [2.05, 4.69) is 20.1 Å². The molecule has 0 atom stereocenters. The Balaban J connectivity index is 2.41. The van der Waals surface area contributed by atoms with E-state index in [1.807, 2.05) is 13.8 Å². The average Bonchev–Trinajstić information content (AvgIpc) is 2.73. The summed E-state index contributed by atoms with van der Waals surface area (Å²) in [7, 11) is 0. The van der Waals surface area contributed by atoms with Gasteiger partial charge < -0.3 is 10.5 Å². The van der Waals surface area contributed by atoms with Gasteiger partial charge in [-0.15, -0.1) is 0 Å². The Morgan fingerprint density at radius 2 is 2.12 bits per heavy atom. The first-order chi connectivity index (χ1) is 7.68. The first-order valence-electron chi connectivity index (χ1n) is 4.80. The van der Waals surface area contributed by atoms with Gasteiger partial charge in [0.2, 0.25) is 5.88 Å². The van der Waals surface area contributed by atoms with E-state index in [1.165, 1.54) is 23.7 Å². The van der Waals surface area contributed by atoms with Gasteiger partial charge in [-0.2, -0.15) is 10.1 Å². The van der Waals surface area contributed by atoms with E-state index in [0.29, 0.717) is 17.4 Å². The highest BCUT2D eigenvalue weighted by Crippen LogP contribution is 2.23. The lowest BCUT2D eigenvalue weighted by Crippen LogP contribution is -2.12. The Hall–Kier alpha value is -2.18. The van der Waals surface area contributed by atoms with Gasteiger partial charge in [-0.3, -0.25) is 0 Å². The molecular formula is C9H12N6O. The average molecular weight is 220 g/mol. The molecule has 0 spiro atoms. The number of nitrogen functional groups attached to an aromatic ring is 1. The number of aromatic nitrogens is 5. The van der Waals surface area contributed by atoms with Crippen LogP contribution >= 0.6 is 0 Å². The van der Waals surface area contributed by atoms with Crippen LogP contribution < -0.4 is 10.5 Å². The Kier molecular flexibility index (Phi) is 2.67. The van der Waals surface area contributed by atoms with Gasteiger partial charge in [0.05, 0.1) is 6.10 Å². The summed E-state index contributed by atoms with van der Waals surface area (Å²) in [6.07, 6.45) is 4.30. The minimum Gasteiger partial charge on any atom is -0.473 e. The lowest BCUT2D eigenvalue weighted by Gasteiger charge is -2.12. The van der Waals surface area contributed by atoms with Gasteiger partial charge in [-0.25, -0.2) is 14.6 Å². The number of hydrogen-bond donors (Lipinski definition) is 1. The van der Waals surface area contributed by atoms with Crippen molar-refractivity contribution in [1.82, 2.24) is 24.7 Å². The number of anilines is 1. The molecule has 2 aromatic heterocycles. The lowest BCUT2D eigenvalue weighted by atomic mass is 10.4. The Morgan fingerprint density at radius 1 is 1.31 bits per heavy atom. The van der Waals surface area contributed by atoms with Crippen LogP contribution in [-0.4, -0.2) is 30.8 Å². The van der Waals surface area contributed by atoms with Crippen LogP contribution in [0.4, 0.5) is 5.69 Å². The zero-order valence-electron chi connectivity index (χ0n) is 9.03. The third-order valence-electron chi connectivity index (χ3n) is 1.81. The molecule has 7 heteroatoms. The van der Waals surface area contributed by atoms with Crippen molar-refractivity contribution in [2.24, 2.45) is 0 Å². The predicted octanol–water partition coefficient (Wildman–Crippen LogP) is 0.427. The molecule has 7 nitrogen and oxygen atoms in total. The van der Waals surface area contributed by atoms with E-state index < -0.39 is 0 Å². The molecule has 0 aliphatic carbocycles. The van der Waals surface area contributed by atoms with Crippen LogP contribution in [0.25, 0.3) is 5.82 Å². The highest BCUT2D eigenvalue weighted by Gasteiger charge is 2.12. The Bertz CT molecular complexity index is 467. The normalized spacial score (nSPS) is 10.7. The third kappa shape index (κ3) is 1.92. The predicted molar refractivity (Wildman–Crippen MR) is 57.1 cm³/mol. The van der Waals surface area contributed by atoms with Gasteiger partial charge in [0.15, 0.2) is 5.82 Å². The quantitative estimate of drug-likeness (QED) is 0.806. The zero-order valence-corrected chi connectivity index (χ0v) is 9.03. The fourth-order valence-electron chi connectivity index (χ4n) is 1.19. The molecule has 0 fully saturated rings. The highest BCUT2D eigenvalue weighted by molar-refractivity contribution is 5.59. The molecule has 0 saturated heterocycles. The summed E-state index contributed by atoms with van der Waals surface area (Å²) in [5.74, 6) is 0.818. The van der Waals surface area contributed by atoms with Crippen molar-refractivity contribution in [2.75, 3.05) is 5.73 Å². The Morgan fingerprint density at radius 3 is 2.75 bits per heavy atom. The number of nitrogens with zero attached hydrogens (tertiary/aromatic N) is 5. The largest absolute Gasteiger partial charge is 0.473 e. The van der Waals surface area contributed by atoms with Crippen LogP contribution in [-0.2, 0) is 0 Å². The van der Waals surface area contributed by atoms with Gasteiger partial charge >= 0.3 is 0 Å². The van der Waals surface area contributed by atoms with Crippen molar-refractivity contribution < 1.29 is 4.74 Å². The van der Waals surface area contributed by atoms with Gasteiger partial charge in [-0.1, -0.05) is 0 Å². The minimum atomic E-state index is 0.000737. The molecule has 0 aliphatic rings. The molecule has 84 valence electrons. The van der Waals surface area contributed by atoms with Crippen molar-refractivity contribution in [2.45, 2.75) is 20.0 Å². The van der Waals surface area contributed by atoms with Crippen LogP contribution in [0.15, 0.2) is 19.0 Å². The van der Waals surface area contributed by atoms with Crippen LogP contribution in [0.1, 0.15) is 13.8 Å². The molecule has 16 heavy (non-hydrogen) atoms. The molecule has 0 radical (unpaired) electrons. The molecule has 0 saturated carbocycles. The van der Waals surface area contributed by atoms with E-state index in [9.17, 15) is 0 Å². The van der Waals surface area contributed by atoms with Crippen molar-refractivity contribution in [3.05, 3.63) is 19.0 Å². The monoisotopic (exact) mass is 220 g/mol. The van der Waals surface area contributed by atoms with E-state index in [4.69, 9.17) is 10.5 Å². The van der Waals surface area contributed by atoms with Gasteiger partial charge in [0.1, 0.15) is 24.7 Å². The first kappa shape index (κ1) is 10.3. The van der Waals surface area contributed by atoms with E-state index in [1.54, 1.807) is 0 Å². The van der Waals surface area contributed by atoms with Crippen LogP contribution in [0.3, 0.4) is 0 Å². The third-order valence-corrected chi connectivity index (χ3v) is 1.81. The molecule has 0 unspecified atom stereocenters. The van der Waals surface area contributed by atoms with Crippen molar-refractivity contribution >= 4 is 5.69 Å². The van der Waals surface area contributed by atoms with Crippen LogP contribution in [0.5, 0.6) is 5.88 Å². The molecule has 2 heterocycles. The standard InChI is InChI=1S/C9H12N6O/c1-6(2)16-9-7(10)8(12-4-13-9)15-5-11-3-14-15/h3-6H,10H2,1-2H3. The summed E-state index contributed by atoms with van der Waals surface area (Å²) in [4.78, 5) is 11.8. The highest BCUT2D eigenvalue weighted by atomic mass is 16.5. The smallest absolute Gasteiger partial charge is 0.242 e. The second kappa shape index (κ2) is 4.13. The summed E-state index contributed by atoms with van der Waals surface area (Å²) in [5, 5.41) is 3.95. The fourth-order valence-corrected chi connectivity index (χ4v) is 1.19. The molecular weight excluding hydrogens is 208 g/mol. The van der Waals surface area contributed by atoms with Crippen molar-refractivity contribution in [1.29, 1.82) is 0 Å². The second-order valence-corrected chi connectivity index (χ2v) is 3.42. The molecule has 0 aliphatic heterocycles. The van der Waals surface area contributed by atoms with Crippen molar-refractivity contribution in [3.8, 4) is 11.7 Å². The number of hydrogen-bond acceptors (Lipinski definition) is 6. The second-order valence-electron chi connectivity index (χ2n) is 3.42. The van der Waals surface area contributed by atoms with E-state index in [0.717, 1.165) is 0 Å². The molecule has 0 aromatic carbocycles. The minimum absolute atomic E-state index is 0.000737. The fraction of sp³-hybridized carbons (Fsp3) is 0.333. The lowest BCUT2D eigenvalue weighted by molar-refractivity contribution is 0.233. The summed E-state index contributed by atoms with van der Waals surface area (Å²) in [5.41, 5.74) is 6.23. The van der Waals surface area contributed by atoms with Gasteiger partial charge in [-0.05, 0) is 13.8 Å². The summed E-state index contributed by atoms with van der Waals surface area (Å²) in [6.45, 7) is 3.80. The molecule has 2 rings (SSSR count). The summed E-state index contributed by atoms with van der Waals surface area (Å²) in [6, 6.07) is 0. The molecule has 2 aromatic rings. The number of rotatable bonds is 3. The van der Waals surface area contributed by atoms with E-state index in [-0.39, 0.29) is 6.10 Å². The molecule has 0 bridgehead atoms. The summed E-state index contributed by atoms with van der Waals surface area (Å²) >= 11 is 0. The number of ether oxygens (including phenoxy) is 1. The van der Waals surface area contributed by atoms with Gasteiger partial charge in [0, 0.05) is 0 Å². The SMILES string of the molecule is CC(C)Oc1ncnc(-n2cncn2)c1N. The van der Waals surface area contributed by atoms with Crippen molar-refractivity contribution in [3.63, 3.8) is 0 Å². The Labute approximate surface area is 92.3 Å². The first-order valence-corrected chi connectivity index (χ1v) is 4.80. The summed E-state index contributed by atoms with van der Waals surface area (Å²) < 4.78 is 6.91. The van der Waals surface area contributed by atoms with E-state index >= 15 is 0 Å².